The van der Waals surface area contributed by atoms with E-state index in [-0.39, 0.29) is 0 Å². The van der Waals surface area contributed by atoms with Crippen LogP contribution in [0, 0.1) is 10.1 Å². The summed E-state index contributed by atoms with van der Waals surface area (Å²) in [6.07, 6.45) is 3.97. The summed E-state index contributed by atoms with van der Waals surface area (Å²) in [5.41, 5.74) is 2.50. The van der Waals surface area contributed by atoms with E-state index in [2.05, 4.69) is 19.3 Å². The number of anilines is 1. The molecular weight excluding hydrogens is 260 g/mol. The van der Waals surface area contributed by atoms with Gasteiger partial charge in [-0.15, -0.1) is 5.43 Å². The van der Waals surface area contributed by atoms with Gasteiger partial charge in [0.1, 0.15) is 5.69 Å². The minimum atomic E-state index is -0.594. The normalized spacial score (nSPS) is 10.1. The highest BCUT2D eigenvalue weighted by Gasteiger charge is 2.09. The first-order valence-electron chi connectivity index (χ1n) is 6.98. The maximum absolute atomic E-state index is 10.5. The molecule has 0 saturated heterocycles. The van der Waals surface area contributed by atoms with E-state index < -0.39 is 5.03 Å². The standard InChI is InChI=1S/C14H22N2O4/c1-3-5-9-19-13-8-7-12(15-16(17)18)11-14(13)20-10-6-4-2/h7-8,11,15H,3-6,9-10H2,1-2H3. The molecule has 0 aromatic heterocycles. The Labute approximate surface area is 119 Å². The highest BCUT2D eigenvalue weighted by molar-refractivity contribution is 5.53. The van der Waals surface area contributed by atoms with E-state index in [1.165, 1.54) is 0 Å². The number of nitro groups is 1. The Kier molecular flexibility index (Phi) is 7.24. The molecule has 0 unspecified atom stereocenters. The van der Waals surface area contributed by atoms with Crippen LogP contribution in [0.1, 0.15) is 39.5 Å². The molecule has 0 aliphatic heterocycles. The van der Waals surface area contributed by atoms with Crippen LogP contribution in [-0.2, 0) is 0 Å². The molecule has 0 fully saturated rings. The van der Waals surface area contributed by atoms with Gasteiger partial charge in [0.25, 0.3) is 0 Å². The molecule has 1 N–H and O–H groups in total. The van der Waals surface area contributed by atoms with Crippen molar-refractivity contribution in [3.05, 3.63) is 28.3 Å². The first-order valence-corrected chi connectivity index (χ1v) is 6.98. The van der Waals surface area contributed by atoms with Crippen LogP contribution in [0.15, 0.2) is 18.2 Å². The van der Waals surface area contributed by atoms with E-state index in [1.807, 2.05) is 0 Å². The van der Waals surface area contributed by atoms with Gasteiger partial charge in [-0.2, -0.15) is 0 Å². The summed E-state index contributed by atoms with van der Waals surface area (Å²) >= 11 is 0. The van der Waals surface area contributed by atoms with Crippen molar-refractivity contribution in [2.24, 2.45) is 0 Å². The lowest BCUT2D eigenvalue weighted by Gasteiger charge is -2.13. The van der Waals surface area contributed by atoms with Gasteiger partial charge in [-0.05, 0) is 25.0 Å². The molecular formula is C14H22N2O4. The van der Waals surface area contributed by atoms with Crippen molar-refractivity contribution < 1.29 is 14.5 Å². The van der Waals surface area contributed by atoms with Crippen LogP contribution in [0.5, 0.6) is 11.5 Å². The number of benzene rings is 1. The lowest BCUT2D eigenvalue weighted by molar-refractivity contribution is -0.445. The molecule has 1 rings (SSSR count). The van der Waals surface area contributed by atoms with E-state index >= 15 is 0 Å². The largest absolute Gasteiger partial charge is 0.490 e. The van der Waals surface area contributed by atoms with Crippen molar-refractivity contribution in [2.45, 2.75) is 39.5 Å². The van der Waals surface area contributed by atoms with Crippen LogP contribution in [0.3, 0.4) is 0 Å². The molecule has 0 amide bonds. The van der Waals surface area contributed by atoms with Crippen molar-refractivity contribution in [3.8, 4) is 11.5 Å². The molecule has 0 saturated carbocycles. The third-order valence-electron chi connectivity index (χ3n) is 2.68. The van der Waals surface area contributed by atoms with E-state index in [0.717, 1.165) is 25.7 Å². The smallest absolute Gasteiger partial charge is 0.163 e. The molecule has 6 heteroatoms. The van der Waals surface area contributed by atoms with Crippen molar-refractivity contribution in [1.29, 1.82) is 0 Å². The van der Waals surface area contributed by atoms with Crippen molar-refractivity contribution in [1.82, 2.24) is 0 Å². The van der Waals surface area contributed by atoms with Crippen LogP contribution in [0.25, 0.3) is 0 Å². The molecule has 0 radical (unpaired) electrons. The molecule has 0 heterocycles. The van der Waals surface area contributed by atoms with Gasteiger partial charge in [0.15, 0.2) is 16.5 Å². The molecule has 112 valence electrons. The minimum absolute atomic E-state index is 0.379. The van der Waals surface area contributed by atoms with Gasteiger partial charge in [-0.1, -0.05) is 26.7 Å². The fourth-order valence-electron chi connectivity index (χ4n) is 1.57. The van der Waals surface area contributed by atoms with Crippen LogP contribution in [0.2, 0.25) is 0 Å². The number of unbranched alkanes of at least 4 members (excludes halogenated alkanes) is 2. The number of nitrogens with zero attached hydrogens (tertiary/aromatic N) is 1. The topological polar surface area (TPSA) is 73.6 Å². The predicted molar refractivity (Wildman–Crippen MR) is 77.9 cm³/mol. The van der Waals surface area contributed by atoms with E-state index in [9.17, 15) is 10.1 Å². The number of hydrazine groups is 1. The van der Waals surface area contributed by atoms with Crippen LogP contribution in [-0.4, -0.2) is 18.2 Å². The average molecular weight is 282 g/mol. The Morgan fingerprint density at radius 1 is 1.10 bits per heavy atom. The molecule has 0 aliphatic rings. The van der Waals surface area contributed by atoms with Crippen LogP contribution < -0.4 is 14.9 Å². The maximum atomic E-state index is 10.5. The van der Waals surface area contributed by atoms with Gasteiger partial charge < -0.3 is 9.47 Å². The zero-order valence-electron chi connectivity index (χ0n) is 12.1. The average Bonchev–Trinajstić information content (AvgIpc) is 2.41. The number of hydrogen-bond donors (Lipinski definition) is 1. The van der Waals surface area contributed by atoms with Gasteiger partial charge in [0, 0.05) is 6.07 Å². The molecule has 0 aliphatic carbocycles. The number of hydrogen-bond acceptors (Lipinski definition) is 4. The lowest BCUT2D eigenvalue weighted by atomic mass is 10.2. The Morgan fingerprint density at radius 3 is 2.25 bits per heavy atom. The van der Waals surface area contributed by atoms with Gasteiger partial charge in [-0.3, -0.25) is 0 Å². The zero-order valence-corrected chi connectivity index (χ0v) is 12.1. The molecule has 6 nitrogen and oxygen atoms in total. The second-order valence-corrected chi connectivity index (χ2v) is 4.43. The Bertz CT molecular complexity index is 424. The molecule has 0 atom stereocenters. The quantitative estimate of drug-likeness (QED) is 0.403. The Balaban J connectivity index is 2.76. The van der Waals surface area contributed by atoms with E-state index in [4.69, 9.17) is 9.47 Å². The van der Waals surface area contributed by atoms with Crippen molar-refractivity contribution in [3.63, 3.8) is 0 Å². The third kappa shape index (κ3) is 5.77. The number of rotatable bonds is 10. The second-order valence-electron chi connectivity index (χ2n) is 4.43. The molecule has 0 bridgehead atoms. The number of ether oxygens (including phenoxy) is 2. The summed E-state index contributed by atoms with van der Waals surface area (Å²) in [6.45, 7) is 5.35. The third-order valence-corrected chi connectivity index (χ3v) is 2.68. The summed E-state index contributed by atoms with van der Waals surface area (Å²) in [7, 11) is 0. The summed E-state index contributed by atoms with van der Waals surface area (Å²) < 4.78 is 11.3. The predicted octanol–water partition coefficient (Wildman–Crippen LogP) is 3.65. The first kappa shape index (κ1) is 16.1. The molecule has 1 aromatic carbocycles. The highest BCUT2D eigenvalue weighted by Crippen LogP contribution is 2.31. The molecule has 1 aromatic rings. The maximum Gasteiger partial charge on any atom is 0.163 e. The van der Waals surface area contributed by atoms with Gasteiger partial charge >= 0.3 is 0 Å². The summed E-state index contributed by atoms with van der Waals surface area (Å²) in [6, 6.07) is 4.90. The van der Waals surface area contributed by atoms with Gasteiger partial charge in [0.2, 0.25) is 0 Å². The first-order chi connectivity index (χ1) is 9.67. The summed E-state index contributed by atoms with van der Waals surface area (Å²) in [4.78, 5) is 10.5. The number of nitrogens with one attached hydrogen (secondary N) is 1. The molecule has 0 spiro atoms. The van der Waals surface area contributed by atoms with E-state index in [0.29, 0.717) is 30.4 Å². The fraction of sp³-hybridized carbons (Fsp3) is 0.571. The second kappa shape index (κ2) is 9.01. The van der Waals surface area contributed by atoms with Crippen LogP contribution in [0.4, 0.5) is 5.69 Å². The van der Waals surface area contributed by atoms with Gasteiger partial charge in [-0.25, -0.2) is 10.1 Å². The molecule has 20 heavy (non-hydrogen) atoms. The Morgan fingerprint density at radius 2 is 1.70 bits per heavy atom. The fourth-order valence-corrected chi connectivity index (χ4v) is 1.57. The van der Waals surface area contributed by atoms with Crippen molar-refractivity contribution in [2.75, 3.05) is 18.6 Å². The highest BCUT2D eigenvalue weighted by atomic mass is 16.7. The van der Waals surface area contributed by atoms with Crippen molar-refractivity contribution >= 4 is 5.69 Å². The monoisotopic (exact) mass is 282 g/mol. The Hall–Kier alpha value is -1.98. The minimum Gasteiger partial charge on any atom is -0.490 e. The SMILES string of the molecule is CCCCOc1ccc(N[N+](=O)[O-])cc1OCCCC. The summed E-state index contributed by atoms with van der Waals surface area (Å²) in [5, 5.41) is 9.86. The lowest BCUT2D eigenvalue weighted by Crippen LogP contribution is -2.08. The van der Waals surface area contributed by atoms with E-state index in [1.54, 1.807) is 18.2 Å². The van der Waals surface area contributed by atoms with Gasteiger partial charge in [0.05, 0.1) is 13.2 Å². The van der Waals surface area contributed by atoms with Crippen LogP contribution >= 0.6 is 0 Å². The zero-order chi connectivity index (χ0) is 14.8. The summed E-state index contributed by atoms with van der Waals surface area (Å²) in [5.74, 6) is 1.17.